The van der Waals surface area contributed by atoms with E-state index in [1.54, 1.807) is 0 Å². The molecule has 1 atom stereocenters. The lowest BCUT2D eigenvalue weighted by atomic mass is 10.2. The Bertz CT molecular complexity index is 426. The fraction of sp³-hybridized carbons (Fsp3) is 0.533. The van der Waals surface area contributed by atoms with Crippen molar-refractivity contribution in [1.82, 2.24) is 10.2 Å². The summed E-state index contributed by atoms with van der Waals surface area (Å²) in [5.41, 5.74) is 1.17. The van der Waals surface area contributed by atoms with Gasteiger partial charge in [-0.25, -0.2) is 0 Å². The zero-order chi connectivity index (χ0) is 15.0. The lowest BCUT2D eigenvalue weighted by Crippen LogP contribution is -2.41. The number of hydrogen-bond donors (Lipinski definition) is 1. The molecular weight excluding hydrogens is 292 g/mol. The molecule has 0 saturated carbocycles. The number of thioether (sulfide) groups is 1. The van der Waals surface area contributed by atoms with Crippen LogP contribution in [0.25, 0.3) is 0 Å². The van der Waals surface area contributed by atoms with E-state index >= 15 is 0 Å². The van der Waals surface area contributed by atoms with E-state index in [2.05, 4.69) is 11.4 Å². The molecule has 5 heteroatoms. The predicted octanol–water partition coefficient (Wildman–Crippen LogP) is 3.03. The Morgan fingerprint density at radius 3 is 2.75 bits per heavy atom. The molecule has 0 heterocycles. The van der Waals surface area contributed by atoms with Crippen molar-refractivity contribution in [1.29, 1.82) is 0 Å². The van der Waals surface area contributed by atoms with Gasteiger partial charge in [-0.05, 0) is 44.8 Å². The average Bonchev–Trinajstić information content (AvgIpc) is 2.43. The van der Waals surface area contributed by atoms with Crippen molar-refractivity contribution in [2.24, 2.45) is 0 Å². The minimum atomic E-state index is -0.0780. The summed E-state index contributed by atoms with van der Waals surface area (Å²) in [6, 6.07) is 7.84. The van der Waals surface area contributed by atoms with E-state index in [1.165, 1.54) is 5.56 Å². The summed E-state index contributed by atoms with van der Waals surface area (Å²) in [6.45, 7) is 2.63. The van der Waals surface area contributed by atoms with Gasteiger partial charge in [-0.2, -0.15) is 11.8 Å². The molecule has 0 aliphatic carbocycles. The summed E-state index contributed by atoms with van der Waals surface area (Å²) >= 11 is 7.94. The van der Waals surface area contributed by atoms with E-state index in [1.807, 2.05) is 55.9 Å². The van der Waals surface area contributed by atoms with Gasteiger partial charge in [0.15, 0.2) is 0 Å². The Morgan fingerprint density at radius 2 is 2.10 bits per heavy atom. The number of carbonyl (C=O) groups is 1. The van der Waals surface area contributed by atoms with Crippen molar-refractivity contribution in [2.45, 2.75) is 25.1 Å². The van der Waals surface area contributed by atoms with Crippen molar-refractivity contribution in [3.8, 4) is 0 Å². The smallest absolute Gasteiger partial charge is 0.237 e. The second-order valence-corrected chi connectivity index (χ2v) is 6.44. The average molecular weight is 315 g/mol. The van der Waals surface area contributed by atoms with Crippen molar-refractivity contribution in [2.75, 3.05) is 26.4 Å². The first-order valence-corrected chi connectivity index (χ1v) is 8.31. The van der Waals surface area contributed by atoms with Crippen LogP contribution in [0.2, 0.25) is 5.02 Å². The largest absolute Gasteiger partial charge is 0.355 e. The van der Waals surface area contributed by atoms with Gasteiger partial charge in [-0.3, -0.25) is 9.69 Å². The van der Waals surface area contributed by atoms with Gasteiger partial charge in [0, 0.05) is 17.3 Å². The molecule has 0 bridgehead atoms. The second-order valence-electron chi connectivity index (χ2n) is 4.93. The van der Waals surface area contributed by atoms with Crippen LogP contribution in [0, 0.1) is 0 Å². The number of benzene rings is 1. The van der Waals surface area contributed by atoms with Gasteiger partial charge >= 0.3 is 0 Å². The Morgan fingerprint density at radius 1 is 1.40 bits per heavy atom. The van der Waals surface area contributed by atoms with Crippen LogP contribution in [0.5, 0.6) is 0 Å². The molecule has 0 aromatic heterocycles. The Kier molecular flexibility index (Phi) is 8.04. The third-order valence-corrected chi connectivity index (χ3v) is 4.60. The number of rotatable bonds is 8. The topological polar surface area (TPSA) is 32.3 Å². The normalized spacial score (nSPS) is 12.4. The fourth-order valence-electron chi connectivity index (χ4n) is 1.57. The summed E-state index contributed by atoms with van der Waals surface area (Å²) in [5.74, 6) is 2.02. The summed E-state index contributed by atoms with van der Waals surface area (Å²) in [6.07, 6.45) is 0.973. The van der Waals surface area contributed by atoms with E-state index in [0.29, 0.717) is 0 Å². The summed E-state index contributed by atoms with van der Waals surface area (Å²) < 4.78 is 0. The number of nitrogens with zero attached hydrogens (tertiary/aromatic N) is 1. The number of carbonyl (C=O) groups excluding carboxylic acids is 1. The molecule has 0 fully saturated rings. The van der Waals surface area contributed by atoms with Gasteiger partial charge in [0.1, 0.15) is 0 Å². The molecule has 1 N–H and O–H groups in total. The molecule has 1 aromatic rings. The lowest BCUT2D eigenvalue weighted by molar-refractivity contribution is -0.124. The van der Waals surface area contributed by atoms with Gasteiger partial charge in [0.2, 0.25) is 5.91 Å². The zero-order valence-electron chi connectivity index (χ0n) is 12.4. The number of halogens is 1. The molecule has 1 amide bonds. The van der Waals surface area contributed by atoms with Gasteiger partial charge in [-0.15, -0.1) is 0 Å². The van der Waals surface area contributed by atoms with E-state index < -0.39 is 0 Å². The molecule has 0 spiro atoms. The molecule has 1 rings (SSSR count). The number of hydrogen-bond acceptors (Lipinski definition) is 3. The highest BCUT2D eigenvalue weighted by atomic mass is 35.5. The third kappa shape index (κ3) is 6.16. The molecule has 0 aliphatic rings. The third-order valence-electron chi connectivity index (χ3n) is 3.13. The molecular formula is C15H23ClN2OS. The van der Waals surface area contributed by atoms with Crippen molar-refractivity contribution < 1.29 is 4.79 Å². The maximum Gasteiger partial charge on any atom is 0.237 e. The van der Waals surface area contributed by atoms with Crippen molar-refractivity contribution in [3.63, 3.8) is 0 Å². The highest BCUT2D eigenvalue weighted by Crippen LogP contribution is 2.20. The monoisotopic (exact) mass is 314 g/mol. The molecule has 20 heavy (non-hydrogen) atoms. The highest BCUT2D eigenvalue weighted by molar-refractivity contribution is 7.98. The highest BCUT2D eigenvalue weighted by Gasteiger charge is 2.13. The SMILES string of the molecule is CC(C(=O)NCCCSCc1ccccc1Cl)N(C)C. The number of amides is 1. The van der Waals surface area contributed by atoms with Crippen LogP contribution in [-0.4, -0.2) is 43.2 Å². The van der Waals surface area contributed by atoms with Crippen LogP contribution in [0.1, 0.15) is 18.9 Å². The molecule has 3 nitrogen and oxygen atoms in total. The standard InChI is InChI=1S/C15H23ClN2OS/c1-12(18(2)3)15(19)17-9-6-10-20-11-13-7-4-5-8-14(13)16/h4-5,7-8,12H,6,9-11H2,1-3H3,(H,17,19). The first-order valence-electron chi connectivity index (χ1n) is 6.77. The molecule has 0 radical (unpaired) electrons. The van der Waals surface area contributed by atoms with E-state index in [0.717, 1.165) is 29.5 Å². The zero-order valence-corrected chi connectivity index (χ0v) is 13.9. The van der Waals surface area contributed by atoms with Crippen LogP contribution < -0.4 is 5.32 Å². The van der Waals surface area contributed by atoms with Crippen LogP contribution in [0.15, 0.2) is 24.3 Å². The minimum Gasteiger partial charge on any atom is -0.355 e. The Balaban J connectivity index is 2.11. The first kappa shape index (κ1) is 17.3. The number of likely N-dealkylation sites (N-methyl/N-ethyl adjacent to an activating group) is 1. The Hall–Kier alpha value is -0.710. The van der Waals surface area contributed by atoms with Crippen molar-refractivity contribution in [3.05, 3.63) is 34.9 Å². The van der Waals surface area contributed by atoms with E-state index in [-0.39, 0.29) is 11.9 Å². The minimum absolute atomic E-state index is 0.0780. The van der Waals surface area contributed by atoms with Crippen LogP contribution >= 0.6 is 23.4 Å². The van der Waals surface area contributed by atoms with Crippen molar-refractivity contribution >= 4 is 29.3 Å². The van der Waals surface area contributed by atoms with E-state index in [9.17, 15) is 4.79 Å². The lowest BCUT2D eigenvalue weighted by Gasteiger charge is -2.18. The summed E-state index contributed by atoms with van der Waals surface area (Å²) in [5, 5.41) is 3.78. The predicted molar refractivity (Wildman–Crippen MR) is 88.4 cm³/mol. The molecule has 0 saturated heterocycles. The van der Waals surface area contributed by atoms with Gasteiger partial charge in [0.25, 0.3) is 0 Å². The van der Waals surface area contributed by atoms with Gasteiger partial charge in [0.05, 0.1) is 6.04 Å². The second kappa shape index (κ2) is 9.27. The Labute approximate surface area is 131 Å². The summed E-state index contributed by atoms with van der Waals surface area (Å²) in [7, 11) is 3.81. The van der Waals surface area contributed by atoms with Gasteiger partial charge in [-0.1, -0.05) is 29.8 Å². The maximum atomic E-state index is 11.7. The summed E-state index contributed by atoms with van der Waals surface area (Å²) in [4.78, 5) is 13.6. The first-order chi connectivity index (χ1) is 9.52. The quantitative estimate of drug-likeness (QED) is 0.749. The maximum absolute atomic E-state index is 11.7. The number of nitrogens with one attached hydrogen (secondary N) is 1. The fourth-order valence-corrected chi connectivity index (χ4v) is 2.81. The van der Waals surface area contributed by atoms with Crippen LogP contribution in [0.4, 0.5) is 0 Å². The molecule has 112 valence electrons. The van der Waals surface area contributed by atoms with Crippen LogP contribution in [-0.2, 0) is 10.5 Å². The van der Waals surface area contributed by atoms with Gasteiger partial charge < -0.3 is 5.32 Å². The molecule has 1 aromatic carbocycles. The molecule has 0 aliphatic heterocycles. The van der Waals surface area contributed by atoms with E-state index in [4.69, 9.17) is 11.6 Å². The molecule has 1 unspecified atom stereocenters. The van der Waals surface area contributed by atoms with Crippen LogP contribution in [0.3, 0.4) is 0 Å².